The number of ether oxygens (including phenoxy) is 1. The molecule has 5 nitrogen and oxygen atoms in total. The lowest BCUT2D eigenvalue weighted by Gasteiger charge is -2.05. The zero-order valence-electron chi connectivity index (χ0n) is 9.98. The van der Waals surface area contributed by atoms with Crippen LogP contribution in [0.2, 0.25) is 0 Å². The van der Waals surface area contributed by atoms with Crippen LogP contribution < -0.4 is 4.74 Å². The van der Waals surface area contributed by atoms with Gasteiger partial charge in [-0.3, -0.25) is 4.79 Å². The van der Waals surface area contributed by atoms with E-state index in [1.165, 1.54) is 17.9 Å². The van der Waals surface area contributed by atoms with Gasteiger partial charge in [-0.05, 0) is 29.2 Å². The lowest BCUT2D eigenvalue weighted by Crippen LogP contribution is -2.01. The summed E-state index contributed by atoms with van der Waals surface area (Å²) in [6.07, 6.45) is 1.57. The van der Waals surface area contributed by atoms with Crippen molar-refractivity contribution in [1.82, 2.24) is 9.36 Å². The number of hydrogen-bond donors (Lipinski definition) is 1. The zero-order valence-corrected chi connectivity index (χ0v) is 11.6. The van der Waals surface area contributed by atoms with Crippen molar-refractivity contribution in [2.45, 2.75) is 10.8 Å². The molecule has 0 aliphatic heterocycles. The summed E-state index contributed by atoms with van der Waals surface area (Å²) in [6, 6.07) is 7.10. The number of hydrogen-bond acceptors (Lipinski definition) is 6. The van der Waals surface area contributed by atoms with Crippen LogP contribution in [0, 0.1) is 0 Å². The minimum Gasteiger partial charge on any atom is -0.493 e. The normalized spacial score (nSPS) is 10.3. The molecular formula is C12H12N2O3S2. The highest BCUT2D eigenvalue weighted by atomic mass is 32.2. The van der Waals surface area contributed by atoms with E-state index in [9.17, 15) is 4.79 Å². The van der Waals surface area contributed by atoms with Gasteiger partial charge in [0.2, 0.25) is 0 Å². The van der Waals surface area contributed by atoms with Gasteiger partial charge in [0.25, 0.3) is 0 Å². The molecule has 2 rings (SSSR count). The number of nitrogens with zero attached hydrogens (tertiary/aromatic N) is 2. The maximum absolute atomic E-state index is 10.5. The molecular weight excluding hydrogens is 284 g/mol. The quantitative estimate of drug-likeness (QED) is 0.624. The van der Waals surface area contributed by atoms with E-state index in [-0.39, 0.29) is 6.42 Å². The van der Waals surface area contributed by atoms with E-state index in [1.54, 1.807) is 36.0 Å². The first-order valence-corrected chi connectivity index (χ1v) is 7.33. The molecule has 1 N–H and O–H groups in total. The summed E-state index contributed by atoms with van der Waals surface area (Å²) in [5.41, 5.74) is 0.767. The summed E-state index contributed by atoms with van der Waals surface area (Å²) >= 11 is 2.97. The van der Waals surface area contributed by atoms with Crippen LogP contribution in [0.15, 0.2) is 34.9 Å². The fourth-order valence-electron chi connectivity index (χ4n) is 1.39. The lowest BCUT2D eigenvalue weighted by molar-refractivity contribution is -0.136. The molecule has 0 radical (unpaired) electrons. The Morgan fingerprint density at radius 1 is 1.37 bits per heavy atom. The standard InChI is InChI=1S/C12H12N2O3S2/c15-11(16)7-9-1-3-10(4-2-9)17-5-6-18-12-13-8-14-19-12/h1-4,8H,5-7H2,(H,15,16). The molecule has 0 unspecified atom stereocenters. The molecule has 0 atom stereocenters. The molecule has 1 heterocycles. The second-order valence-corrected chi connectivity index (χ2v) is 5.74. The van der Waals surface area contributed by atoms with E-state index in [1.807, 2.05) is 0 Å². The van der Waals surface area contributed by atoms with E-state index in [4.69, 9.17) is 9.84 Å². The molecule has 0 fully saturated rings. The fourth-order valence-corrected chi connectivity index (χ4v) is 2.72. The monoisotopic (exact) mass is 296 g/mol. The van der Waals surface area contributed by atoms with Gasteiger partial charge in [-0.2, -0.15) is 4.37 Å². The van der Waals surface area contributed by atoms with Crippen molar-refractivity contribution in [1.29, 1.82) is 0 Å². The van der Waals surface area contributed by atoms with Gasteiger partial charge in [0.05, 0.1) is 13.0 Å². The first-order valence-electron chi connectivity index (χ1n) is 5.57. The van der Waals surface area contributed by atoms with Crippen molar-refractivity contribution < 1.29 is 14.6 Å². The molecule has 2 aromatic rings. The molecule has 100 valence electrons. The zero-order chi connectivity index (χ0) is 13.5. The fraction of sp³-hybridized carbons (Fsp3) is 0.250. The van der Waals surface area contributed by atoms with Crippen molar-refractivity contribution in [3.8, 4) is 5.75 Å². The molecule has 0 aliphatic carbocycles. The second-order valence-electron chi connectivity index (χ2n) is 3.62. The predicted molar refractivity (Wildman–Crippen MR) is 73.9 cm³/mol. The van der Waals surface area contributed by atoms with Crippen molar-refractivity contribution >= 4 is 29.3 Å². The van der Waals surface area contributed by atoms with Crippen molar-refractivity contribution in [3.63, 3.8) is 0 Å². The minimum atomic E-state index is -0.831. The number of thioether (sulfide) groups is 1. The average Bonchev–Trinajstić information content (AvgIpc) is 2.89. The second kappa shape index (κ2) is 7.10. The van der Waals surface area contributed by atoms with Gasteiger partial charge in [-0.25, -0.2) is 4.98 Å². The third-order valence-corrected chi connectivity index (χ3v) is 3.96. The van der Waals surface area contributed by atoms with Gasteiger partial charge in [-0.15, -0.1) is 0 Å². The Morgan fingerprint density at radius 2 is 2.16 bits per heavy atom. The number of aromatic nitrogens is 2. The van der Waals surface area contributed by atoms with Crippen molar-refractivity contribution in [2.24, 2.45) is 0 Å². The van der Waals surface area contributed by atoms with Crippen LogP contribution in [-0.2, 0) is 11.2 Å². The number of rotatable bonds is 7. The van der Waals surface area contributed by atoms with Crippen LogP contribution in [0.5, 0.6) is 5.75 Å². The number of benzene rings is 1. The molecule has 0 saturated heterocycles. The summed E-state index contributed by atoms with van der Waals surface area (Å²) in [5, 5.41) is 8.66. The molecule has 0 amide bonds. The molecule has 0 bridgehead atoms. The molecule has 0 saturated carbocycles. The summed E-state index contributed by atoms with van der Waals surface area (Å²) in [7, 11) is 0. The topological polar surface area (TPSA) is 72.3 Å². The summed E-state index contributed by atoms with van der Waals surface area (Å²) in [5.74, 6) is 0.709. The highest BCUT2D eigenvalue weighted by molar-refractivity contribution is 8.00. The number of carbonyl (C=O) groups is 1. The number of carboxylic acids is 1. The van der Waals surface area contributed by atoms with Gasteiger partial charge < -0.3 is 9.84 Å². The van der Waals surface area contributed by atoms with Gasteiger partial charge in [0.15, 0.2) is 4.34 Å². The first kappa shape index (κ1) is 13.8. The van der Waals surface area contributed by atoms with Crippen LogP contribution >= 0.6 is 23.3 Å². The molecule has 0 aliphatic rings. The Kier molecular flexibility index (Phi) is 5.17. The molecule has 7 heteroatoms. The highest BCUT2D eigenvalue weighted by Gasteiger charge is 2.01. The van der Waals surface area contributed by atoms with Crippen molar-refractivity contribution in [2.75, 3.05) is 12.4 Å². The van der Waals surface area contributed by atoms with E-state index in [0.717, 1.165) is 21.4 Å². The van der Waals surface area contributed by atoms with Gasteiger partial charge >= 0.3 is 5.97 Å². The summed E-state index contributed by atoms with van der Waals surface area (Å²) in [6.45, 7) is 0.572. The maximum Gasteiger partial charge on any atom is 0.307 e. The van der Waals surface area contributed by atoms with Gasteiger partial charge in [-0.1, -0.05) is 23.9 Å². The largest absolute Gasteiger partial charge is 0.493 e. The SMILES string of the molecule is O=C(O)Cc1ccc(OCCSc2ncns2)cc1. The van der Waals surface area contributed by atoms with Crippen LogP contribution in [0.1, 0.15) is 5.56 Å². The number of carboxylic acid groups (broad SMARTS) is 1. The van der Waals surface area contributed by atoms with Crippen molar-refractivity contribution in [3.05, 3.63) is 36.2 Å². The summed E-state index contributed by atoms with van der Waals surface area (Å²) < 4.78 is 10.4. The summed E-state index contributed by atoms with van der Waals surface area (Å²) in [4.78, 5) is 14.6. The van der Waals surface area contributed by atoms with Gasteiger partial charge in [0.1, 0.15) is 12.1 Å². The van der Waals surface area contributed by atoms with E-state index >= 15 is 0 Å². The Bertz CT molecular complexity index is 514. The molecule has 1 aromatic carbocycles. The van der Waals surface area contributed by atoms with Crippen LogP contribution in [0.3, 0.4) is 0 Å². The van der Waals surface area contributed by atoms with E-state index < -0.39 is 5.97 Å². The Balaban J connectivity index is 1.72. The van der Waals surface area contributed by atoms with Crippen LogP contribution in [0.4, 0.5) is 0 Å². The smallest absolute Gasteiger partial charge is 0.307 e. The highest BCUT2D eigenvalue weighted by Crippen LogP contribution is 2.18. The van der Waals surface area contributed by atoms with E-state index in [2.05, 4.69) is 9.36 Å². The molecule has 0 spiro atoms. The Morgan fingerprint density at radius 3 is 2.79 bits per heavy atom. The third-order valence-electron chi connectivity index (χ3n) is 2.20. The maximum atomic E-state index is 10.5. The van der Waals surface area contributed by atoms with E-state index in [0.29, 0.717) is 6.61 Å². The van der Waals surface area contributed by atoms with Crippen LogP contribution in [0.25, 0.3) is 0 Å². The molecule has 19 heavy (non-hydrogen) atoms. The molecule has 1 aromatic heterocycles. The van der Waals surface area contributed by atoms with Gasteiger partial charge in [0, 0.05) is 5.75 Å². The lowest BCUT2D eigenvalue weighted by atomic mass is 10.1. The number of aliphatic carboxylic acids is 1. The predicted octanol–water partition coefficient (Wildman–Crippen LogP) is 2.34. The first-order chi connectivity index (χ1) is 9.24. The minimum absolute atomic E-state index is 0.0349. The Labute approximate surface area is 118 Å². The average molecular weight is 296 g/mol. The third kappa shape index (κ3) is 4.88. The van der Waals surface area contributed by atoms with Crippen LogP contribution in [-0.4, -0.2) is 32.8 Å². The Hall–Kier alpha value is -1.60.